The summed E-state index contributed by atoms with van der Waals surface area (Å²) in [5.74, 6) is 0.110. The lowest BCUT2D eigenvalue weighted by molar-refractivity contribution is -0.120. The maximum absolute atomic E-state index is 11.2. The van der Waals surface area contributed by atoms with Gasteiger partial charge in [-0.2, -0.15) is 0 Å². The monoisotopic (exact) mass is 204 g/mol. The second kappa shape index (κ2) is 4.34. The number of hydrogen-bond acceptors (Lipinski definition) is 2. The van der Waals surface area contributed by atoms with Crippen molar-refractivity contribution in [1.82, 2.24) is 5.32 Å². The molecule has 1 aromatic carbocycles. The zero-order valence-electron chi connectivity index (χ0n) is 8.97. The molecule has 0 spiro atoms. The van der Waals surface area contributed by atoms with Crippen molar-refractivity contribution >= 4 is 11.6 Å². The van der Waals surface area contributed by atoms with Crippen LogP contribution in [-0.4, -0.2) is 19.5 Å². The molecule has 0 saturated heterocycles. The third-order valence-electron chi connectivity index (χ3n) is 2.86. The average Bonchev–Trinajstić information content (AvgIpc) is 2.74. The molecule has 2 N–H and O–H groups in total. The lowest BCUT2D eigenvalue weighted by Crippen LogP contribution is -2.18. The van der Waals surface area contributed by atoms with Crippen LogP contribution in [0.25, 0.3) is 0 Å². The third kappa shape index (κ3) is 2.12. The number of amides is 1. The summed E-state index contributed by atoms with van der Waals surface area (Å²) in [4.78, 5) is 11.2. The van der Waals surface area contributed by atoms with Gasteiger partial charge in [0.05, 0.1) is 0 Å². The number of aryl methyl sites for hydroxylation is 1. The van der Waals surface area contributed by atoms with Crippen molar-refractivity contribution in [3.63, 3.8) is 0 Å². The highest BCUT2D eigenvalue weighted by atomic mass is 16.1. The van der Waals surface area contributed by atoms with Crippen molar-refractivity contribution < 1.29 is 4.79 Å². The van der Waals surface area contributed by atoms with Crippen LogP contribution in [0.3, 0.4) is 0 Å². The molecule has 1 amide bonds. The van der Waals surface area contributed by atoms with Gasteiger partial charge in [-0.25, -0.2) is 0 Å². The first-order valence-electron chi connectivity index (χ1n) is 5.36. The maximum atomic E-state index is 11.2. The Hall–Kier alpha value is -1.51. The normalized spacial score (nSPS) is 13.1. The van der Waals surface area contributed by atoms with Gasteiger partial charge in [-0.05, 0) is 30.0 Å². The largest absolute Gasteiger partial charge is 0.384 e. The first-order valence-corrected chi connectivity index (χ1v) is 5.36. The van der Waals surface area contributed by atoms with Crippen LogP contribution in [0.5, 0.6) is 0 Å². The van der Waals surface area contributed by atoms with Gasteiger partial charge < -0.3 is 10.6 Å². The van der Waals surface area contributed by atoms with Crippen LogP contribution in [0.4, 0.5) is 5.69 Å². The smallest absolute Gasteiger partial charge is 0.220 e. The SMILES string of the molecule is CNC(=O)CCc1cccc2c1CCN2. The lowest BCUT2D eigenvalue weighted by Gasteiger charge is -2.07. The molecule has 0 fully saturated rings. The van der Waals surface area contributed by atoms with Gasteiger partial charge in [-0.3, -0.25) is 4.79 Å². The summed E-state index contributed by atoms with van der Waals surface area (Å²) in [6, 6.07) is 6.27. The number of carbonyl (C=O) groups excluding carboxylic acids is 1. The molecule has 80 valence electrons. The number of benzene rings is 1. The van der Waals surface area contributed by atoms with Gasteiger partial charge >= 0.3 is 0 Å². The van der Waals surface area contributed by atoms with Crippen LogP contribution in [-0.2, 0) is 17.6 Å². The Morgan fingerprint density at radius 1 is 1.53 bits per heavy atom. The van der Waals surface area contributed by atoms with E-state index in [1.165, 1.54) is 16.8 Å². The zero-order chi connectivity index (χ0) is 10.7. The van der Waals surface area contributed by atoms with E-state index < -0.39 is 0 Å². The Morgan fingerprint density at radius 3 is 3.20 bits per heavy atom. The molecule has 1 aliphatic heterocycles. The molecule has 1 aliphatic rings. The minimum absolute atomic E-state index is 0.110. The summed E-state index contributed by atoms with van der Waals surface area (Å²) >= 11 is 0. The van der Waals surface area contributed by atoms with Gasteiger partial charge in [-0.1, -0.05) is 12.1 Å². The van der Waals surface area contributed by atoms with Crippen molar-refractivity contribution in [3.8, 4) is 0 Å². The van der Waals surface area contributed by atoms with Crippen molar-refractivity contribution in [2.75, 3.05) is 18.9 Å². The minimum Gasteiger partial charge on any atom is -0.384 e. The van der Waals surface area contributed by atoms with Gasteiger partial charge in [0.25, 0.3) is 0 Å². The van der Waals surface area contributed by atoms with Crippen molar-refractivity contribution in [1.29, 1.82) is 0 Å². The van der Waals surface area contributed by atoms with Crippen molar-refractivity contribution in [3.05, 3.63) is 29.3 Å². The summed E-state index contributed by atoms with van der Waals surface area (Å²) in [5, 5.41) is 5.99. The maximum Gasteiger partial charge on any atom is 0.220 e. The van der Waals surface area contributed by atoms with Crippen LogP contribution in [0.2, 0.25) is 0 Å². The summed E-state index contributed by atoms with van der Waals surface area (Å²) < 4.78 is 0. The van der Waals surface area contributed by atoms with E-state index in [0.29, 0.717) is 6.42 Å². The molecule has 0 atom stereocenters. The van der Waals surface area contributed by atoms with E-state index >= 15 is 0 Å². The van der Waals surface area contributed by atoms with Gasteiger partial charge in [0.1, 0.15) is 0 Å². The molecule has 1 heterocycles. The topological polar surface area (TPSA) is 41.1 Å². The molecule has 0 unspecified atom stereocenters. The van der Waals surface area contributed by atoms with Crippen LogP contribution in [0, 0.1) is 0 Å². The minimum atomic E-state index is 0.110. The van der Waals surface area contributed by atoms with Crippen LogP contribution < -0.4 is 10.6 Å². The predicted octanol–water partition coefficient (Wildman–Crippen LogP) is 1.33. The third-order valence-corrected chi connectivity index (χ3v) is 2.86. The fourth-order valence-electron chi connectivity index (χ4n) is 2.03. The van der Waals surface area contributed by atoms with E-state index in [0.717, 1.165) is 19.4 Å². The molecule has 1 aromatic rings. The fourth-order valence-corrected chi connectivity index (χ4v) is 2.03. The number of carbonyl (C=O) groups is 1. The van der Waals surface area contributed by atoms with E-state index in [2.05, 4.69) is 28.8 Å². The quantitative estimate of drug-likeness (QED) is 0.780. The number of anilines is 1. The van der Waals surface area contributed by atoms with Gasteiger partial charge in [0, 0.05) is 25.7 Å². The molecule has 3 nitrogen and oxygen atoms in total. The molecule has 0 radical (unpaired) electrons. The highest BCUT2D eigenvalue weighted by molar-refractivity contribution is 5.76. The number of hydrogen-bond donors (Lipinski definition) is 2. The Kier molecular flexibility index (Phi) is 2.90. The first kappa shape index (κ1) is 10.0. The Balaban J connectivity index is 2.09. The van der Waals surface area contributed by atoms with Crippen molar-refractivity contribution in [2.45, 2.75) is 19.3 Å². The van der Waals surface area contributed by atoms with Crippen LogP contribution in [0.15, 0.2) is 18.2 Å². The molecular formula is C12H16N2O. The second-order valence-corrected chi connectivity index (χ2v) is 3.79. The van der Waals surface area contributed by atoms with Crippen molar-refractivity contribution in [2.24, 2.45) is 0 Å². The highest BCUT2D eigenvalue weighted by Crippen LogP contribution is 2.26. The fraction of sp³-hybridized carbons (Fsp3) is 0.417. The Bertz CT molecular complexity index is 374. The highest BCUT2D eigenvalue weighted by Gasteiger charge is 2.13. The Labute approximate surface area is 89.9 Å². The summed E-state index contributed by atoms with van der Waals surface area (Å²) in [6.45, 7) is 1.02. The van der Waals surface area contributed by atoms with Crippen LogP contribution >= 0.6 is 0 Å². The number of rotatable bonds is 3. The summed E-state index contributed by atoms with van der Waals surface area (Å²) in [7, 11) is 1.68. The van der Waals surface area contributed by atoms with E-state index in [1.807, 2.05) is 0 Å². The second-order valence-electron chi connectivity index (χ2n) is 3.79. The molecule has 0 aliphatic carbocycles. The molecule has 3 heteroatoms. The molecule has 15 heavy (non-hydrogen) atoms. The predicted molar refractivity (Wildman–Crippen MR) is 61.0 cm³/mol. The van der Waals surface area contributed by atoms with Crippen LogP contribution in [0.1, 0.15) is 17.5 Å². The van der Waals surface area contributed by atoms with Gasteiger partial charge in [0.2, 0.25) is 5.91 Å². The summed E-state index contributed by atoms with van der Waals surface area (Å²) in [6.07, 6.45) is 2.50. The first-order chi connectivity index (χ1) is 7.31. The van der Waals surface area contributed by atoms with E-state index in [-0.39, 0.29) is 5.91 Å². The molecule has 0 bridgehead atoms. The Morgan fingerprint density at radius 2 is 2.40 bits per heavy atom. The lowest BCUT2D eigenvalue weighted by atomic mass is 10.0. The van der Waals surface area contributed by atoms with Gasteiger partial charge in [-0.15, -0.1) is 0 Å². The molecular weight excluding hydrogens is 188 g/mol. The number of fused-ring (bicyclic) bond motifs is 1. The standard InChI is InChI=1S/C12H16N2O/c1-13-12(15)6-5-9-3-2-4-11-10(9)7-8-14-11/h2-4,14H,5-8H2,1H3,(H,13,15). The zero-order valence-corrected chi connectivity index (χ0v) is 8.97. The summed E-state index contributed by atoms with van der Waals surface area (Å²) in [5.41, 5.74) is 3.94. The molecule has 0 aromatic heterocycles. The molecule has 2 rings (SSSR count). The molecule has 0 saturated carbocycles. The average molecular weight is 204 g/mol. The number of nitrogens with one attached hydrogen (secondary N) is 2. The van der Waals surface area contributed by atoms with E-state index in [9.17, 15) is 4.79 Å². The van der Waals surface area contributed by atoms with E-state index in [1.54, 1.807) is 7.05 Å². The van der Waals surface area contributed by atoms with Gasteiger partial charge in [0.15, 0.2) is 0 Å². The van der Waals surface area contributed by atoms with E-state index in [4.69, 9.17) is 0 Å².